The maximum Gasteiger partial charge on any atom is 0.239 e. The highest BCUT2D eigenvalue weighted by Crippen LogP contribution is 2.24. The molecule has 0 aliphatic rings. The molecule has 1 amide bonds. The first-order valence-corrected chi connectivity index (χ1v) is 7.17. The van der Waals surface area contributed by atoms with Gasteiger partial charge in [0.25, 0.3) is 0 Å². The van der Waals surface area contributed by atoms with Crippen molar-refractivity contribution in [1.82, 2.24) is 19.7 Å². The predicted octanol–water partition coefficient (Wildman–Crippen LogP) is 1.78. The van der Waals surface area contributed by atoms with E-state index in [4.69, 9.17) is 0 Å². The number of carbonyl (C=O) groups excluding carboxylic acids is 1. The maximum atomic E-state index is 12.1. The molecule has 2 aromatic heterocycles. The van der Waals surface area contributed by atoms with E-state index >= 15 is 0 Å². The Labute approximate surface area is 113 Å². The molecular formula is C10H13N5OS2. The van der Waals surface area contributed by atoms with Crippen LogP contribution in [0.25, 0.3) is 0 Å². The molecule has 2 rings (SSSR count). The summed E-state index contributed by atoms with van der Waals surface area (Å²) in [6.45, 7) is 1.97. The third kappa shape index (κ3) is 3.08. The van der Waals surface area contributed by atoms with Crippen molar-refractivity contribution in [2.75, 3.05) is 5.32 Å². The van der Waals surface area contributed by atoms with Gasteiger partial charge < -0.3 is 9.88 Å². The first-order valence-electron chi connectivity index (χ1n) is 5.41. The SMILES string of the molecule is CC[C@H](Sc1nncn1C)C(=O)Nc1nccs1. The normalized spacial score (nSPS) is 12.3. The van der Waals surface area contributed by atoms with Crippen molar-refractivity contribution in [1.29, 1.82) is 0 Å². The second kappa shape index (κ2) is 5.96. The Morgan fingerprint density at radius 1 is 1.67 bits per heavy atom. The third-order valence-electron chi connectivity index (χ3n) is 2.24. The Morgan fingerprint density at radius 3 is 3.06 bits per heavy atom. The number of carbonyl (C=O) groups is 1. The zero-order valence-corrected chi connectivity index (χ0v) is 11.7. The van der Waals surface area contributed by atoms with Crippen LogP contribution in [0.3, 0.4) is 0 Å². The standard InChI is InChI=1S/C10H13N5OS2/c1-3-7(18-10-14-12-6-15(10)2)8(16)13-9-11-4-5-17-9/h4-7H,3H2,1-2H3,(H,11,13,16)/t7-/m0/s1. The number of thioether (sulfide) groups is 1. The summed E-state index contributed by atoms with van der Waals surface area (Å²) >= 11 is 2.81. The third-order valence-corrected chi connectivity index (χ3v) is 4.34. The monoisotopic (exact) mass is 283 g/mol. The largest absolute Gasteiger partial charge is 0.312 e. The first kappa shape index (κ1) is 13.0. The predicted molar refractivity (Wildman–Crippen MR) is 71.7 cm³/mol. The average molecular weight is 283 g/mol. The van der Waals surface area contributed by atoms with Gasteiger partial charge in [-0.25, -0.2) is 4.98 Å². The summed E-state index contributed by atoms with van der Waals surface area (Å²) in [6.07, 6.45) is 4.00. The van der Waals surface area contributed by atoms with Crippen LogP contribution in [0.15, 0.2) is 23.1 Å². The molecule has 0 spiro atoms. The Kier molecular flexibility index (Phi) is 4.32. The molecule has 0 fully saturated rings. The van der Waals surface area contributed by atoms with Gasteiger partial charge in [0.15, 0.2) is 10.3 Å². The quantitative estimate of drug-likeness (QED) is 0.847. The summed E-state index contributed by atoms with van der Waals surface area (Å²) in [4.78, 5) is 16.1. The number of aryl methyl sites for hydroxylation is 1. The molecule has 2 aromatic rings. The molecule has 8 heteroatoms. The molecule has 0 bridgehead atoms. The van der Waals surface area contributed by atoms with E-state index < -0.39 is 0 Å². The smallest absolute Gasteiger partial charge is 0.239 e. The van der Waals surface area contributed by atoms with Crippen molar-refractivity contribution in [3.05, 3.63) is 17.9 Å². The van der Waals surface area contributed by atoms with Crippen LogP contribution in [-0.4, -0.2) is 30.9 Å². The Hall–Kier alpha value is -1.41. The molecule has 0 unspecified atom stereocenters. The molecule has 0 aliphatic heterocycles. The highest BCUT2D eigenvalue weighted by molar-refractivity contribution is 8.00. The van der Waals surface area contributed by atoms with Crippen molar-refractivity contribution in [2.24, 2.45) is 7.05 Å². The molecule has 0 aromatic carbocycles. The van der Waals surface area contributed by atoms with Gasteiger partial charge >= 0.3 is 0 Å². The van der Waals surface area contributed by atoms with E-state index in [0.717, 1.165) is 5.16 Å². The van der Waals surface area contributed by atoms with Crippen LogP contribution in [0.4, 0.5) is 5.13 Å². The fourth-order valence-electron chi connectivity index (χ4n) is 1.30. The lowest BCUT2D eigenvalue weighted by Crippen LogP contribution is -2.24. The number of hydrogen-bond donors (Lipinski definition) is 1. The van der Waals surface area contributed by atoms with E-state index in [9.17, 15) is 4.79 Å². The molecule has 1 atom stereocenters. The molecule has 1 N–H and O–H groups in total. The summed E-state index contributed by atoms with van der Waals surface area (Å²) < 4.78 is 1.80. The Morgan fingerprint density at radius 2 is 2.50 bits per heavy atom. The average Bonchev–Trinajstić information content (AvgIpc) is 2.98. The van der Waals surface area contributed by atoms with Crippen LogP contribution < -0.4 is 5.32 Å². The zero-order chi connectivity index (χ0) is 13.0. The van der Waals surface area contributed by atoms with Gasteiger partial charge in [0, 0.05) is 18.6 Å². The molecule has 6 nitrogen and oxygen atoms in total. The van der Waals surface area contributed by atoms with Gasteiger partial charge in [-0.05, 0) is 6.42 Å². The van der Waals surface area contributed by atoms with Crippen molar-refractivity contribution >= 4 is 34.1 Å². The molecule has 0 aliphatic carbocycles. The van der Waals surface area contributed by atoms with Crippen LogP contribution >= 0.6 is 23.1 Å². The summed E-state index contributed by atoms with van der Waals surface area (Å²) in [6, 6.07) is 0. The van der Waals surface area contributed by atoms with Gasteiger partial charge in [-0.3, -0.25) is 4.79 Å². The van der Waals surface area contributed by atoms with Crippen LogP contribution in [0.1, 0.15) is 13.3 Å². The number of aromatic nitrogens is 4. The number of rotatable bonds is 5. The van der Waals surface area contributed by atoms with E-state index in [1.54, 1.807) is 17.1 Å². The van der Waals surface area contributed by atoms with Gasteiger partial charge in [-0.2, -0.15) is 0 Å². The summed E-state index contributed by atoms with van der Waals surface area (Å²) in [7, 11) is 1.85. The number of hydrogen-bond acceptors (Lipinski definition) is 6. The highest BCUT2D eigenvalue weighted by Gasteiger charge is 2.20. The number of nitrogens with zero attached hydrogens (tertiary/aromatic N) is 4. The van der Waals surface area contributed by atoms with Crippen LogP contribution in [0.5, 0.6) is 0 Å². The van der Waals surface area contributed by atoms with Crippen LogP contribution in [-0.2, 0) is 11.8 Å². The second-order valence-electron chi connectivity index (χ2n) is 3.57. The van der Waals surface area contributed by atoms with Gasteiger partial charge in [0.1, 0.15) is 6.33 Å². The number of thiazole rings is 1. The Balaban J connectivity index is 2.00. The maximum absolute atomic E-state index is 12.1. The van der Waals surface area contributed by atoms with Crippen molar-refractivity contribution < 1.29 is 4.79 Å². The van der Waals surface area contributed by atoms with Crippen molar-refractivity contribution in [3.63, 3.8) is 0 Å². The van der Waals surface area contributed by atoms with E-state index in [0.29, 0.717) is 11.6 Å². The van der Waals surface area contributed by atoms with Crippen LogP contribution in [0.2, 0.25) is 0 Å². The van der Waals surface area contributed by atoms with Gasteiger partial charge in [0.2, 0.25) is 5.91 Å². The zero-order valence-electron chi connectivity index (χ0n) is 10.0. The molecular weight excluding hydrogens is 270 g/mol. The summed E-state index contributed by atoms with van der Waals surface area (Å²) in [5.74, 6) is -0.0551. The van der Waals surface area contributed by atoms with E-state index in [-0.39, 0.29) is 11.2 Å². The fraction of sp³-hybridized carbons (Fsp3) is 0.400. The molecule has 0 radical (unpaired) electrons. The van der Waals surface area contributed by atoms with Crippen molar-refractivity contribution in [3.8, 4) is 0 Å². The lowest BCUT2D eigenvalue weighted by Gasteiger charge is -2.12. The minimum atomic E-state index is -0.197. The highest BCUT2D eigenvalue weighted by atomic mass is 32.2. The topological polar surface area (TPSA) is 72.7 Å². The molecule has 0 saturated heterocycles. The Bertz CT molecular complexity index is 510. The van der Waals surface area contributed by atoms with Gasteiger partial charge in [-0.15, -0.1) is 21.5 Å². The van der Waals surface area contributed by atoms with E-state index in [1.165, 1.54) is 23.1 Å². The summed E-state index contributed by atoms with van der Waals surface area (Å²) in [5.41, 5.74) is 0. The van der Waals surface area contributed by atoms with Gasteiger partial charge in [-0.1, -0.05) is 18.7 Å². The van der Waals surface area contributed by atoms with Gasteiger partial charge in [0.05, 0.1) is 5.25 Å². The lowest BCUT2D eigenvalue weighted by atomic mass is 10.3. The molecule has 0 saturated carbocycles. The molecule has 2 heterocycles. The molecule has 96 valence electrons. The number of nitrogens with one attached hydrogen (secondary N) is 1. The number of anilines is 1. The lowest BCUT2D eigenvalue weighted by molar-refractivity contribution is -0.115. The second-order valence-corrected chi connectivity index (χ2v) is 5.63. The molecule has 18 heavy (non-hydrogen) atoms. The van der Waals surface area contributed by atoms with E-state index in [2.05, 4.69) is 20.5 Å². The fourth-order valence-corrected chi connectivity index (χ4v) is 2.73. The van der Waals surface area contributed by atoms with Crippen molar-refractivity contribution in [2.45, 2.75) is 23.8 Å². The minimum absolute atomic E-state index is 0.0551. The summed E-state index contributed by atoms with van der Waals surface area (Å²) in [5, 5.41) is 13.5. The first-order chi connectivity index (χ1) is 8.70. The number of amides is 1. The minimum Gasteiger partial charge on any atom is -0.312 e. The van der Waals surface area contributed by atoms with E-state index in [1.807, 2.05) is 19.4 Å². The van der Waals surface area contributed by atoms with Crippen LogP contribution in [0, 0.1) is 0 Å².